The topological polar surface area (TPSA) is 34.1 Å². The second-order valence-electron chi connectivity index (χ2n) is 3.18. The largest absolute Gasteiger partial charge is 0.303 e. The molecule has 0 aliphatic rings. The molecule has 0 fully saturated rings. The summed E-state index contributed by atoms with van der Waals surface area (Å²) < 4.78 is 0. The van der Waals surface area contributed by atoms with Crippen LogP contribution in [0.5, 0.6) is 0 Å². The summed E-state index contributed by atoms with van der Waals surface area (Å²) in [5, 5.41) is 0.688. The number of halogens is 1. The number of benzene rings is 1. The van der Waals surface area contributed by atoms with Gasteiger partial charge in [0.1, 0.15) is 12.6 Å². The third-order valence-electron chi connectivity index (χ3n) is 2.06. The van der Waals surface area contributed by atoms with E-state index in [4.69, 9.17) is 0 Å². The van der Waals surface area contributed by atoms with E-state index in [0.29, 0.717) is 10.9 Å². The van der Waals surface area contributed by atoms with Crippen molar-refractivity contribution < 1.29 is 9.59 Å². The lowest BCUT2D eigenvalue weighted by Crippen LogP contribution is -1.97. The van der Waals surface area contributed by atoms with Crippen molar-refractivity contribution in [3.63, 3.8) is 0 Å². The van der Waals surface area contributed by atoms with Gasteiger partial charge in [0.2, 0.25) is 0 Å². The normalized spacial score (nSPS) is 12.1. The Bertz CT molecular complexity index is 347. The van der Waals surface area contributed by atoms with Gasteiger partial charge in [-0.15, -0.1) is 0 Å². The van der Waals surface area contributed by atoms with E-state index < -0.39 is 0 Å². The van der Waals surface area contributed by atoms with Crippen molar-refractivity contribution in [3.8, 4) is 0 Å². The minimum atomic E-state index is -0.160. The Balaban J connectivity index is 3.16. The van der Waals surface area contributed by atoms with E-state index in [2.05, 4.69) is 15.9 Å². The van der Waals surface area contributed by atoms with Gasteiger partial charge in [-0.25, -0.2) is 0 Å². The van der Waals surface area contributed by atoms with Gasteiger partial charge in [0.25, 0.3) is 0 Å². The molecule has 0 heterocycles. The third kappa shape index (κ3) is 2.51. The average Bonchev–Trinajstić information content (AvgIpc) is 2.27. The van der Waals surface area contributed by atoms with Crippen molar-refractivity contribution in [2.24, 2.45) is 0 Å². The zero-order chi connectivity index (χ0) is 10.6. The van der Waals surface area contributed by atoms with Crippen molar-refractivity contribution in [2.45, 2.75) is 18.2 Å². The minimum absolute atomic E-state index is 0.160. The summed E-state index contributed by atoms with van der Waals surface area (Å²) in [6, 6.07) is 5.49. The Morgan fingerprint density at radius 3 is 2.57 bits per heavy atom. The number of carbonyl (C=O) groups is 2. The SMILES string of the molecule is CC(C=O)c1cc(C=O)cc(CBr)c1. The smallest absolute Gasteiger partial charge is 0.150 e. The molecular formula is C11H11BrO2. The molecule has 14 heavy (non-hydrogen) atoms. The van der Waals surface area contributed by atoms with Crippen molar-refractivity contribution in [1.82, 2.24) is 0 Å². The summed E-state index contributed by atoms with van der Waals surface area (Å²) >= 11 is 3.32. The van der Waals surface area contributed by atoms with Gasteiger partial charge in [-0.1, -0.05) is 28.9 Å². The van der Waals surface area contributed by atoms with E-state index in [1.165, 1.54) is 0 Å². The number of carbonyl (C=O) groups excluding carboxylic acids is 2. The third-order valence-corrected chi connectivity index (χ3v) is 2.71. The summed E-state index contributed by atoms with van der Waals surface area (Å²) in [6.45, 7) is 1.81. The molecule has 74 valence electrons. The lowest BCUT2D eigenvalue weighted by molar-refractivity contribution is -0.108. The molecule has 0 radical (unpaired) electrons. The molecule has 0 N–H and O–H groups in total. The Labute approximate surface area is 91.4 Å². The average molecular weight is 255 g/mol. The van der Waals surface area contributed by atoms with Crippen LogP contribution in [0.3, 0.4) is 0 Å². The molecule has 1 unspecified atom stereocenters. The zero-order valence-electron chi connectivity index (χ0n) is 7.87. The van der Waals surface area contributed by atoms with Gasteiger partial charge in [-0.3, -0.25) is 4.79 Å². The van der Waals surface area contributed by atoms with E-state index in [-0.39, 0.29) is 5.92 Å². The summed E-state index contributed by atoms with van der Waals surface area (Å²) in [7, 11) is 0. The Morgan fingerprint density at radius 2 is 2.07 bits per heavy atom. The molecule has 1 aromatic rings. The second kappa shape index (κ2) is 5.05. The van der Waals surface area contributed by atoms with E-state index >= 15 is 0 Å². The second-order valence-corrected chi connectivity index (χ2v) is 3.74. The fourth-order valence-corrected chi connectivity index (χ4v) is 1.56. The van der Waals surface area contributed by atoms with Gasteiger partial charge in [0.15, 0.2) is 0 Å². The molecule has 1 atom stereocenters. The van der Waals surface area contributed by atoms with Gasteiger partial charge in [0, 0.05) is 16.8 Å². The van der Waals surface area contributed by atoms with Crippen molar-refractivity contribution in [2.75, 3.05) is 0 Å². The van der Waals surface area contributed by atoms with Crippen LogP contribution < -0.4 is 0 Å². The predicted octanol–water partition coefficient (Wildman–Crippen LogP) is 2.70. The van der Waals surface area contributed by atoms with Gasteiger partial charge in [-0.05, 0) is 23.3 Å². The Kier molecular flexibility index (Phi) is 4.01. The van der Waals surface area contributed by atoms with Crippen molar-refractivity contribution in [1.29, 1.82) is 0 Å². The number of hydrogen-bond acceptors (Lipinski definition) is 2. The highest BCUT2D eigenvalue weighted by atomic mass is 79.9. The molecule has 0 bridgehead atoms. The number of rotatable bonds is 4. The maximum absolute atomic E-state index is 10.6. The molecule has 0 aliphatic heterocycles. The number of hydrogen-bond donors (Lipinski definition) is 0. The van der Waals surface area contributed by atoms with Crippen LogP contribution in [0.15, 0.2) is 18.2 Å². The highest BCUT2D eigenvalue weighted by Crippen LogP contribution is 2.18. The van der Waals surface area contributed by atoms with Gasteiger partial charge >= 0.3 is 0 Å². The lowest BCUT2D eigenvalue weighted by Gasteiger charge is -2.07. The Hall–Kier alpha value is -0.960. The molecule has 1 rings (SSSR count). The highest BCUT2D eigenvalue weighted by Gasteiger charge is 2.06. The van der Waals surface area contributed by atoms with Crippen LogP contribution in [0.2, 0.25) is 0 Å². The predicted molar refractivity (Wildman–Crippen MR) is 58.9 cm³/mol. The van der Waals surface area contributed by atoms with Gasteiger partial charge < -0.3 is 4.79 Å². The van der Waals surface area contributed by atoms with Crippen LogP contribution in [0, 0.1) is 0 Å². The quantitative estimate of drug-likeness (QED) is 0.612. The van der Waals surface area contributed by atoms with Crippen LogP contribution in [0.4, 0.5) is 0 Å². The van der Waals surface area contributed by atoms with E-state index in [9.17, 15) is 9.59 Å². The van der Waals surface area contributed by atoms with Crippen LogP contribution in [-0.2, 0) is 10.1 Å². The van der Waals surface area contributed by atoms with Crippen LogP contribution in [0.1, 0.15) is 34.3 Å². The van der Waals surface area contributed by atoms with Gasteiger partial charge in [0.05, 0.1) is 0 Å². The van der Waals surface area contributed by atoms with Crippen LogP contribution in [-0.4, -0.2) is 12.6 Å². The van der Waals surface area contributed by atoms with E-state index in [1.807, 2.05) is 19.1 Å². The van der Waals surface area contributed by atoms with E-state index in [0.717, 1.165) is 23.7 Å². The monoisotopic (exact) mass is 254 g/mol. The summed E-state index contributed by atoms with van der Waals surface area (Å²) in [5.74, 6) is -0.160. The summed E-state index contributed by atoms with van der Waals surface area (Å²) in [5.41, 5.74) is 2.52. The van der Waals surface area contributed by atoms with Crippen molar-refractivity contribution >= 4 is 28.5 Å². The maximum Gasteiger partial charge on any atom is 0.150 e. The molecule has 0 amide bonds. The molecule has 0 saturated carbocycles. The summed E-state index contributed by atoms with van der Waals surface area (Å²) in [4.78, 5) is 21.2. The summed E-state index contributed by atoms with van der Waals surface area (Å²) in [6.07, 6.45) is 1.68. The first-order chi connectivity index (χ1) is 6.71. The molecule has 1 aromatic carbocycles. The van der Waals surface area contributed by atoms with E-state index in [1.54, 1.807) is 6.07 Å². The first kappa shape index (κ1) is 11.1. The number of aldehydes is 2. The lowest BCUT2D eigenvalue weighted by atomic mass is 9.98. The maximum atomic E-state index is 10.6. The first-order valence-corrected chi connectivity index (χ1v) is 5.43. The zero-order valence-corrected chi connectivity index (χ0v) is 9.45. The molecule has 0 spiro atoms. The molecule has 2 nitrogen and oxygen atoms in total. The fraction of sp³-hybridized carbons (Fsp3) is 0.273. The first-order valence-electron chi connectivity index (χ1n) is 4.31. The number of alkyl halides is 1. The fourth-order valence-electron chi connectivity index (χ4n) is 1.23. The molecule has 0 aromatic heterocycles. The molecular weight excluding hydrogens is 244 g/mol. The minimum Gasteiger partial charge on any atom is -0.303 e. The van der Waals surface area contributed by atoms with Crippen molar-refractivity contribution in [3.05, 3.63) is 34.9 Å². The standard InChI is InChI=1S/C11H11BrO2/c1-8(6-13)11-3-9(5-12)2-10(4-11)7-14/h2-4,6-8H,5H2,1H3. The Morgan fingerprint density at radius 1 is 1.36 bits per heavy atom. The van der Waals surface area contributed by atoms with Crippen LogP contribution in [0.25, 0.3) is 0 Å². The van der Waals surface area contributed by atoms with Gasteiger partial charge in [-0.2, -0.15) is 0 Å². The highest BCUT2D eigenvalue weighted by molar-refractivity contribution is 9.08. The molecule has 0 saturated heterocycles. The van der Waals surface area contributed by atoms with Crippen LogP contribution >= 0.6 is 15.9 Å². The molecule has 0 aliphatic carbocycles. The molecule has 3 heteroatoms.